The van der Waals surface area contributed by atoms with Crippen LogP contribution in [-0.2, 0) is 11.3 Å². The molecule has 0 aliphatic rings. The molecule has 0 unspecified atom stereocenters. The van der Waals surface area contributed by atoms with E-state index in [0.717, 1.165) is 33.2 Å². The van der Waals surface area contributed by atoms with Crippen LogP contribution in [0.5, 0.6) is 0 Å². The second-order valence-electron chi connectivity index (χ2n) is 5.73. The maximum atomic E-state index is 12.2. The molecule has 7 heteroatoms. The van der Waals surface area contributed by atoms with E-state index in [1.807, 2.05) is 47.9 Å². The molecule has 1 amide bonds. The van der Waals surface area contributed by atoms with E-state index < -0.39 is 0 Å². The zero-order chi connectivity index (χ0) is 18.5. The molecule has 0 aliphatic carbocycles. The Morgan fingerprint density at radius 1 is 1.15 bits per heavy atom. The van der Waals surface area contributed by atoms with Crippen molar-refractivity contribution >= 4 is 39.3 Å². The van der Waals surface area contributed by atoms with Crippen LogP contribution in [-0.4, -0.2) is 26.4 Å². The SMILES string of the molecule is CCn1c(SCC(=O)Nc2ccccc2Br)nnc1-c1ccc(C)cc1. The zero-order valence-electron chi connectivity index (χ0n) is 14.6. The number of nitrogens with one attached hydrogen (secondary N) is 1. The molecule has 0 bridgehead atoms. The van der Waals surface area contributed by atoms with Crippen LogP contribution in [0.4, 0.5) is 5.69 Å². The van der Waals surface area contributed by atoms with Crippen molar-refractivity contribution in [1.82, 2.24) is 14.8 Å². The van der Waals surface area contributed by atoms with Gasteiger partial charge in [-0.25, -0.2) is 0 Å². The Kier molecular flexibility index (Phi) is 6.11. The largest absolute Gasteiger partial charge is 0.324 e. The molecular formula is C19H19BrN4OS. The van der Waals surface area contributed by atoms with Crippen LogP contribution in [0, 0.1) is 6.92 Å². The second-order valence-corrected chi connectivity index (χ2v) is 7.53. The number of rotatable bonds is 6. The van der Waals surface area contributed by atoms with Crippen molar-refractivity contribution < 1.29 is 4.79 Å². The fraction of sp³-hybridized carbons (Fsp3) is 0.211. The van der Waals surface area contributed by atoms with Crippen molar-refractivity contribution in [2.24, 2.45) is 0 Å². The molecule has 0 aliphatic heterocycles. The number of carbonyl (C=O) groups excluding carboxylic acids is 1. The highest BCUT2D eigenvalue weighted by Gasteiger charge is 2.15. The van der Waals surface area contributed by atoms with Gasteiger partial charge in [-0.3, -0.25) is 4.79 Å². The molecule has 26 heavy (non-hydrogen) atoms. The number of anilines is 1. The molecule has 134 valence electrons. The molecule has 3 rings (SSSR count). The van der Waals surface area contributed by atoms with E-state index in [9.17, 15) is 4.79 Å². The third-order valence-corrected chi connectivity index (χ3v) is 5.48. The Bertz CT molecular complexity index is 908. The Labute approximate surface area is 165 Å². The summed E-state index contributed by atoms with van der Waals surface area (Å²) in [6.07, 6.45) is 0. The minimum Gasteiger partial charge on any atom is -0.324 e. The summed E-state index contributed by atoms with van der Waals surface area (Å²) >= 11 is 4.82. The highest BCUT2D eigenvalue weighted by atomic mass is 79.9. The van der Waals surface area contributed by atoms with E-state index >= 15 is 0 Å². The van der Waals surface area contributed by atoms with Crippen LogP contribution in [0.15, 0.2) is 58.2 Å². The number of nitrogens with zero attached hydrogens (tertiary/aromatic N) is 3. The van der Waals surface area contributed by atoms with Crippen LogP contribution >= 0.6 is 27.7 Å². The predicted molar refractivity (Wildman–Crippen MR) is 109 cm³/mol. The molecule has 5 nitrogen and oxygen atoms in total. The Morgan fingerprint density at radius 2 is 1.88 bits per heavy atom. The fourth-order valence-corrected chi connectivity index (χ4v) is 3.66. The summed E-state index contributed by atoms with van der Waals surface area (Å²) < 4.78 is 2.89. The minimum atomic E-state index is -0.0792. The van der Waals surface area contributed by atoms with Gasteiger partial charge in [-0.2, -0.15) is 0 Å². The maximum Gasteiger partial charge on any atom is 0.234 e. The number of para-hydroxylation sites is 1. The van der Waals surface area contributed by atoms with E-state index in [4.69, 9.17) is 0 Å². The first kappa shape index (κ1) is 18.7. The van der Waals surface area contributed by atoms with Gasteiger partial charge in [0.15, 0.2) is 11.0 Å². The lowest BCUT2D eigenvalue weighted by Gasteiger charge is -2.09. The summed E-state index contributed by atoms with van der Waals surface area (Å²) in [4.78, 5) is 12.2. The van der Waals surface area contributed by atoms with E-state index in [1.54, 1.807) is 0 Å². The van der Waals surface area contributed by atoms with Gasteiger partial charge in [0, 0.05) is 16.6 Å². The summed E-state index contributed by atoms with van der Waals surface area (Å²) in [5, 5.41) is 12.2. The minimum absolute atomic E-state index is 0.0792. The number of hydrogen-bond donors (Lipinski definition) is 1. The molecule has 0 atom stereocenters. The number of aromatic nitrogens is 3. The molecule has 0 saturated carbocycles. The molecule has 3 aromatic rings. The normalized spacial score (nSPS) is 10.7. The molecule has 1 N–H and O–H groups in total. The summed E-state index contributed by atoms with van der Waals surface area (Å²) in [6, 6.07) is 15.7. The number of amides is 1. The van der Waals surface area contributed by atoms with Gasteiger partial charge >= 0.3 is 0 Å². The smallest absolute Gasteiger partial charge is 0.234 e. The molecular weight excluding hydrogens is 412 g/mol. The van der Waals surface area contributed by atoms with Gasteiger partial charge in [-0.1, -0.05) is 53.7 Å². The van der Waals surface area contributed by atoms with Crippen molar-refractivity contribution in [3.63, 3.8) is 0 Å². The number of carbonyl (C=O) groups is 1. The Balaban J connectivity index is 1.69. The van der Waals surface area contributed by atoms with Crippen molar-refractivity contribution in [3.8, 4) is 11.4 Å². The molecule has 2 aromatic carbocycles. The summed E-state index contributed by atoms with van der Waals surface area (Å²) in [6.45, 7) is 4.84. The van der Waals surface area contributed by atoms with Gasteiger partial charge < -0.3 is 9.88 Å². The number of thioether (sulfide) groups is 1. The van der Waals surface area contributed by atoms with Crippen LogP contribution in [0.3, 0.4) is 0 Å². The third-order valence-electron chi connectivity index (χ3n) is 3.82. The lowest BCUT2D eigenvalue weighted by Crippen LogP contribution is -2.15. The van der Waals surface area contributed by atoms with Crippen LogP contribution < -0.4 is 5.32 Å². The summed E-state index contributed by atoms with van der Waals surface area (Å²) in [5.41, 5.74) is 2.99. The first-order chi connectivity index (χ1) is 12.6. The summed E-state index contributed by atoms with van der Waals surface area (Å²) in [7, 11) is 0. The van der Waals surface area contributed by atoms with Gasteiger partial charge in [0.25, 0.3) is 0 Å². The molecule has 0 radical (unpaired) electrons. The van der Waals surface area contributed by atoms with Crippen LogP contribution in [0.2, 0.25) is 0 Å². The maximum absolute atomic E-state index is 12.2. The Morgan fingerprint density at radius 3 is 2.58 bits per heavy atom. The van der Waals surface area contributed by atoms with Crippen molar-refractivity contribution in [2.75, 3.05) is 11.1 Å². The fourth-order valence-electron chi connectivity index (χ4n) is 2.48. The molecule has 0 fully saturated rings. The lowest BCUT2D eigenvalue weighted by atomic mass is 10.1. The lowest BCUT2D eigenvalue weighted by molar-refractivity contribution is -0.113. The number of halogens is 1. The molecule has 1 heterocycles. The van der Waals surface area contributed by atoms with E-state index in [2.05, 4.69) is 50.5 Å². The Hall–Kier alpha value is -2.12. The highest BCUT2D eigenvalue weighted by Crippen LogP contribution is 2.25. The monoisotopic (exact) mass is 430 g/mol. The van der Waals surface area contributed by atoms with Gasteiger partial charge in [0.1, 0.15) is 0 Å². The van der Waals surface area contributed by atoms with Crippen LogP contribution in [0.1, 0.15) is 12.5 Å². The standard InChI is InChI=1S/C19H19BrN4OS/c1-3-24-18(14-10-8-13(2)9-11-14)22-23-19(24)26-12-17(25)21-16-7-5-4-6-15(16)20/h4-11H,3,12H2,1-2H3,(H,21,25). The average molecular weight is 431 g/mol. The quantitative estimate of drug-likeness (QED) is 0.572. The van der Waals surface area contributed by atoms with Crippen molar-refractivity contribution in [1.29, 1.82) is 0 Å². The molecule has 0 spiro atoms. The number of benzene rings is 2. The number of hydrogen-bond acceptors (Lipinski definition) is 4. The van der Waals surface area contributed by atoms with Crippen molar-refractivity contribution in [3.05, 3.63) is 58.6 Å². The van der Waals surface area contributed by atoms with Gasteiger partial charge in [-0.05, 0) is 41.9 Å². The zero-order valence-corrected chi connectivity index (χ0v) is 17.0. The molecule has 1 aromatic heterocycles. The number of aryl methyl sites for hydroxylation is 1. The van der Waals surface area contributed by atoms with Gasteiger partial charge in [-0.15, -0.1) is 10.2 Å². The topological polar surface area (TPSA) is 59.8 Å². The van der Waals surface area contributed by atoms with E-state index in [1.165, 1.54) is 17.3 Å². The second kappa shape index (κ2) is 8.51. The average Bonchev–Trinajstić information content (AvgIpc) is 3.05. The van der Waals surface area contributed by atoms with Gasteiger partial charge in [0.2, 0.25) is 5.91 Å². The summed E-state index contributed by atoms with van der Waals surface area (Å²) in [5.74, 6) is 1.01. The van der Waals surface area contributed by atoms with E-state index in [0.29, 0.717) is 0 Å². The van der Waals surface area contributed by atoms with Crippen molar-refractivity contribution in [2.45, 2.75) is 25.5 Å². The highest BCUT2D eigenvalue weighted by molar-refractivity contribution is 9.10. The predicted octanol–water partition coefficient (Wildman–Crippen LogP) is 4.77. The van der Waals surface area contributed by atoms with Crippen LogP contribution in [0.25, 0.3) is 11.4 Å². The van der Waals surface area contributed by atoms with Gasteiger partial charge in [0.05, 0.1) is 11.4 Å². The van der Waals surface area contributed by atoms with E-state index in [-0.39, 0.29) is 11.7 Å². The molecule has 0 saturated heterocycles. The third kappa shape index (κ3) is 4.34. The first-order valence-corrected chi connectivity index (χ1v) is 10.0. The first-order valence-electron chi connectivity index (χ1n) is 8.26.